The molecule has 0 fully saturated rings. The highest BCUT2D eigenvalue weighted by atomic mass is 16.2. The minimum Gasteiger partial charge on any atom is -0.356 e. The van der Waals surface area contributed by atoms with Crippen LogP contribution in [0.3, 0.4) is 0 Å². The first-order chi connectivity index (χ1) is 9.56. The number of hydrogen-bond donors (Lipinski definition) is 2. The van der Waals surface area contributed by atoms with Crippen LogP contribution in [0.5, 0.6) is 0 Å². The Morgan fingerprint density at radius 3 is 1.80 bits per heavy atom. The maximum Gasteiger partial charge on any atom is 0.220 e. The molecule has 0 unspecified atom stereocenters. The molecule has 0 aromatic rings. The smallest absolute Gasteiger partial charge is 0.220 e. The molecular weight excluding hydrogens is 252 g/mol. The van der Waals surface area contributed by atoms with E-state index in [9.17, 15) is 9.59 Å². The van der Waals surface area contributed by atoms with Crippen molar-refractivity contribution in [2.45, 2.75) is 65.2 Å². The third-order valence-corrected chi connectivity index (χ3v) is 3.00. The average Bonchev–Trinajstić information content (AvgIpc) is 2.39. The molecule has 0 radical (unpaired) electrons. The Hall–Kier alpha value is -1.32. The predicted molar refractivity (Wildman–Crippen MR) is 83.4 cm³/mol. The van der Waals surface area contributed by atoms with E-state index in [0.717, 1.165) is 57.2 Å². The van der Waals surface area contributed by atoms with Gasteiger partial charge in [-0.25, -0.2) is 0 Å². The van der Waals surface area contributed by atoms with Crippen LogP contribution in [0.4, 0.5) is 0 Å². The van der Waals surface area contributed by atoms with Crippen molar-refractivity contribution in [1.82, 2.24) is 10.6 Å². The van der Waals surface area contributed by atoms with Crippen LogP contribution < -0.4 is 10.6 Å². The molecule has 0 aromatic heterocycles. The second kappa shape index (κ2) is 12.7. The minimum atomic E-state index is 0.111. The summed E-state index contributed by atoms with van der Waals surface area (Å²) >= 11 is 0. The lowest BCUT2D eigenvalue weighted by Gasteiger charge is -2.06. The summed E-state index contributed by atoms with van der Waals surface area (Å²) in [6.07, 6.45) is 7.02. The summed E-state index contributed by atoms with van der Waals surface area (Å²) in [7, 11) is 0. The summed E-state index contributed by atoms with van der Waals surface area (Å²) in [4.78, 5) is 22.6. The number of carbonyl (C=O) groups excluding carboxylic acids is 2. The normalized spacial score (nSPS) is 10.1. The van der Waals surface area contributed by atoms with Crippen LogP contribution >= 0.6 is 0 Å². The Morgan fingerprint density at radius 2 is 1.35 bits per heavy atom. The van der Waals surface area contributed by atoms with Gasteiger partial charge in [-0.2, -0.15) is 0 Å². The van der Waals surface area contributed by atoms with Gasteiger partial charge in [-0.1, -0.05) is 25.3 Å². The van der Waals surface area contributed by atoms with Gasteiger partial charge in [0.15, 0.2) is 0 Å². The maximum absolute atomic E-state index is 11.4. The van der Waals surface area contributed by atoms with Gasteiger partial charge in [0.05, 0.1) is 0 Å². The van der Waals surface area contributed by atoms with E-state index < -0.39 is 0 Å². The highest BCUT2D eigenvalue weighted by Crippen LogP contribution is 2.01. The van der Waals surface area contributed by atoms with E-state index in [1.807, 2.05) is 13.8 Å². The van der Waals surface area contributed by atoms with Gasteiger partial charge in [0.2, 0.25) is 11.8 Å². The number of amides is 2. The fourth-order valence-corrected chi connectivity index (χ4v) is 1.79. The first-order valence-electron chi connectivity index (χ1n) is 7.74. The van der Waals surface area contributed by atoms with Crippen molar-refractivity contribution in [3.63, 3.8) is 0 Å². The van der Waals surface area contributed by atoms with Crippen LogP contribution in [-0.4, -0.2) is 24.9 Å². The predicted octanol–water partition coefficient (Wildman–Crippen LogP) is 2.94. The third kappa shape index (κ3) is 13.1. The molecule has 0 aliphatic rings. The summed E-state index contributed by atoms with van der Waals surface area (Å²) in [6.45, 7) is 9.24. The fourth-order valence-electron chi connectivity index (χ4n) is 1.79. The molecule has 0 bridgehead atoms. The van der Waals surface area contributed by atoms with E-state index in [0.29, 0.717) is 12.8 Å². The Morgan fingerprint density at radius 1 is 0.850 bits per heavy atom. The molecule has 0 aromatic carbocycles. The van der Waals surface area contributed by atoms with Crippen molar-refractivity contribution in [2.24, 2.45) is 0 Å². The molecule has 0 saturated carbocycles. The van der Waals surface area contributed by atoms with Crippen molar-refractivity contribution < 1.29 is 9.59 Å². The van der Waals surface area contributed by atoms with Crippen molar-refractivity contribution in [1.29, 1.82) is 0 Å². The summed E-state index contributed by atoms with van der Waals surface area (Å²) < 4.78 is 0. The van der Waals surface area contributed by atoms with E-state index in [4.69, 9.17) is 0 Å². The molecule has 0 rings (SSSR count). The number of carbonyl (C=O) groups is 2. The van der Waals surface area contributed by atoms with Gasteiger partial charge in [-0.3, -0.25) is 9.59 Å². The minimum absolute atomic E-state index is 0.111. The molecule has 20 heavy (non-hydrogen) atoms. The number of rotatable bonds is 12. The molecule has 4 nitrogen and oxygen atoms in total. The summed E-state index contributed by atoms with van der Waals surface area (Å²) in [5.41, 5.74) is 1.05. The van der Waals surface area contributed by atoms with E-state index >= 15 is 0 Å². The Labute approximate surface area is 123 Å². The maximum atomic E-state index is 11.4. The molecule has 0 aliphatic heterocycles. The SMILES string of the molecule is C=C(C)CCC(=O)NCCCCCCNC(=O)CCC. The summed E-state index contributed by atoms with van der Waals surface area (Å²) in [5.74, 6) is 0.261. The first-order valence-corrected chi connectivity index (χ1v) is 7.74. The number of nitrogens with one attached hydrogen (secondary N) is 2. The van der Waals surface area contributed by atoms with Gasteiger partial charge in [-0.05, 0) is 32.6 Å². The van der Waals surface area contributed by atoms with Gasteiger partial charge in [0.25, 0.3) is 0 Å². The molecule has 2 N–H and O–H groups in total. The van der Waals surface area contributed by atoms with Gasteiger partial charge >= 0.3 is 0 Å². The van der Waals surface area contributed by atoms with E-state index in [1.54, 1.807) is 0 Å². The van der Waals surface area contributed by atoms with Crippen molar-refractivity contribution in [3.8, 4) is 0 Å². The monoisotopic (exact) mass is 282 g/mol. The van der Waals surface area contributed by atoms with Gasteiger partial charge in [0.1, 0.15) is 0 Å². The standard InChI is InChI=1S/C16H30N2O2/c1-4-9-15(19)17-12-7-5-6-8-13-18-16(20)11-10-14(2)3/h2,4-13H2,1,3H3,(H,17,19)(H,18,20). The quantitative estimate of drug-likeness (QED) is 0.427. The second-order valence-corrected chi connectivity index (χ2v) is 5.32. The van der Waals surface area contributed by atoms with E-state index in [1.165, 1.54) is 0 Å². The summed E-state index contributed by atoms with van der Waals surface area (Å²) in [5, 5.41) is 5.82. The highest BCUT2D eigenvalue weighted by Gasteiger charge is 2.00. The number of unbranched alkanes of at least 4 members (excludes halogenated alkanes) is 3. The lowest BCUT2D eigenvalue weighted by molar-refractivity contribution is -0.121. The van der Waals surface area contributed by atoms with Gasteiger partial charge in [0, 0.05) is 25.9 Å². The molecule has 0 spiro atoms. The van der Waals surface area contributed by atoms with E-state index in [2.05, 4.69) is 17.2 Å². The topological polar surface area (TPSA) is 58.2 Å². The van der Waals surface area contributed by atoms with Crippen LogP contribution in [-0.2, 0) is 9.59 Å². The molecule has 0 aliphatic carbocycles. The Bertz CT molecular complexity index is 301. The number of hydrogen-bond acceptors (Lipinski definition) is 2. The van der Waals surface area contributed by atoms with Crippen LogP contribution in [0.2, 0.25) is 0 Å². The summed E-state index contributed by atoms with van der Waals surface area (Å²) in [6, 6.07) is 0. The molecule has 2 amide bonds. The lowest BCUT2D eigenvalue weighted by atomic mass is 10.1. The second-order valence-electron chi connectivity index (χ2n) is 5.32. The number of allylic oxidation sites excluding steroid dienone is 1. The largest absolute Gasteiger partial charge is 0.356 e. The molecular formula is C16H30N2O2. The van der Waals surface area contributed by atoms with Gasteiger partial charge < -0.3 is 10.6 Å². The van der Waals surface area contributed by atoms with Crippen molar-refractivity contribution >= 4 is 11.8 Å². The van der Waals surface area contributed by atoms with Gasteiger partial charge in [-0.15, -0.1) is 6.58 Å². The van der Waals surface area contributed by atoms with Crippen molar-refractivity contribution in [3.05, 3.63) is 12.2 Å². The van der Waals surface area contributed by atoms with E-state index in [-0.39, 0.29) is 11.8 Å². The molecule has 0 heterocycles. The van der Waals surface area contributed by atoms with Crippen LogP contribution in [0, 0.1) is 0 Å². The van der Waals surface area contributed by atoms with Crippen LogP contribution in [0.25, 0.3) is 0 Å². The zero-order valence-electron chi connectivity index (χ0n) is 13.1. The average molecular weight is 282 g/mol. The van der Waals surface area contributed by atoms with Crippen LogP contribution in [0.1, 0.15) is 65.2 Å². The molecule has 4 heteroatoms. The molecule has 116 valence electrons. The first kappa shape index (κ1) is 18.7. The van der Waals surface area contributed by atoms with Crippen molar-refractivity contribution in [2.75, 3.05) is 13.1 Å². The highest BCUT2D eigenvalue weighted by molar-refractivity contribution is 5.76. The molecule has 0 atom stereocenters. The lowest BCUT2D eigenvalue weighted by Crippen LogP contribution is -2.24. The Balaban J connectivity index is 3.26. The van der Waals surface area contributed by atoms with Crippen LogP contribution in [0.15, 0.2) is 12.2 Å². The molecule has 0 saturated heterocycles. The Kier molecular flexibility index (Phi) is 11.9. The zero-order chi connectivity index (χ0) is 15.2. The third-order valence-electron chi connectivity index (χ3n) is 3.00. The zero-order valence-corrected chi connectivity index (χ0v) is 13.1. The fraction of sp³-hybridized carbons (Fsp3) is 0.750.